The molecule has 1 aliphatic heterocycles. The number of hydrogen-bond donors (Lipinski definition) is 1. The summed E-state index contributed by atoms with van der Waals surface area (Å²) < 4.78 is 25.0. The van der Waals surface area contributed by atoms with Gasteiger partial charge in [0.15, 0.2) is 5.75 Å². The number of carbonyl (C=O) groups is 1. The molecule has 0 aliphatic carbocycles. The molecule has 0 bridgehead atoms. The number of fused-ring (bicyclic) bond motifs is 1. The predicted octanol–water partition coefficient (Wildman–Crippen LogP) is 4.41. The van der Waals surface area contributed by atoms with E-state index in [2.05, 4.69) is 4.98 Å². The van der Waals surface area contributed by atoms with Crippen LogP contribution in [0.2, 0.25) is 0 Å². The van der Waals surface area contributed by atoms with Gasteiger partial charge in [-0.2, -0.15) is 0 Å². The van der Waals surface area contributed by atoms with Crippen LogP contribution in [0.4, 0.5) is 10.2 Å². The molecule has 1 saturated heterocycles. The zero-order valence-electron chi connectivity index (χ0n) is 19.3. The predicted molar refractivity (Wildman–Crippen MR) is 126 cm³/mol. The Morgan fingerprint density at radius 2 is 1.97 bits per heavy atom. The van der Waals surface area contributed by atoms with Crippen LogP contribution in [-0.4, -0.2) is 48.4 Å². The van der Waals surface area contributed by atoms with Crippen LogP contribution >= 0.6 is 0 Å². The van der Waals surface area contributed by atoms with Crippen molar-refractivity contribution in [3.05, 3.63) is 51.8 Å². The normalized spacial score (nSPS) is 15.5. The summed E-state index contributed by atoms with van der Waals surface area (Å²) in [5, 5.41) is 0.854. The van der Waals surface area contributed by atoms with E-state index in [9.17, 15) is 14.0 Å². The van der Waals surface area contributed by atoms with Crippen LogP contribution in [0.15, 0.2) is 35.1 Å². The van der Waals surface area contributed by atoms with Crippen LogP contribution in [0.1, 0.15) is 42.7 Å². The van der Waals surface area contributed by atoms with Crippen molar-refractivity contribution < 1.29 is 18.7 Å². The monoisotopic (exact) mass is 453 g/mol. The van der Waals surface area contributed by atoms with E-state index in [4.69, 9.17) is 14.5 Å². The minimum Gasteiger partial charge on any atom is -0.491 e. The molecule has 0 saturated carbocycles. The molecule has 7 nitrogen and oxygen atoms in total. The number of rotatable bonds is 5. The summed E-state index contributed by atoms with van der Waals surface area (Å²) in [6, 6.07) is 9.53. The first-order chi connectivity index (χ1) is 15.8. The van der Waals surface area contributed by atoms with Crippen molar-refractivity contribution in [3.8, 4) is 17.0 Å². The molecule has 33 heavy (non-hydrogen) atoms. The highest BCUT2D eigenvalue weighted by molar-refractivity contribution is 6.00. The summed E-state index contributed by atoms with van der Waals surface area (Å²) in [6.45, 7) is 6.07. The van der Waals surface area contributed by atoms with E-state index < -0.39 is 17.1 Å². The van der Waals surface area contributed by atoms with Gasteiger partial charge < -0.3 is 19.4 Å². The second kappa shape index (κ2) is 8.84. The number of aryl methyl sites for hydroxylation is 1. The van der Waals surface area contributed by atoms with Crippen LogP contribution in [0, 0.1) is 6.92 Å². The van der Waals surface area contributed by atoms with Crippen molar-refractivity contribution in [1.29, 1.82) is 0 Å². The third kappa shape index (κ3) is 4.29. The van der Waals surface area contributed by atoms with Gasteiger partial charge in [0.2, 0.25) is 5.43 Å². The zero-order chi connectivity index (χ0) is 23.8. The standard InChI is InChI=1S/C25H28FN3O4/c1-5-33-24(31)19-20(27-15(2)22(32-4)21(19)30)17-14-16-8-6-7-9-18(16)28-23(17)29-12-10-25(3,26)11-13-29/h6-9,14H,5,10-13H2,1-4H3,(H,27,30). The lowest BCUT2D eigenvalue weighted by Crippen LogP contribution is -2.40. The van der Waals surface area contributed by atoms with Crippen LogP contribution in [-0.2, 0) is 4.74 Å². The third-order valence-corrected chi connectivity index (χ3v) is 6.10. The Bertz CT molecular complexity index is 1260. The van der Waals surface area contributed by atoms with Gasteiger partial charge in [-0.3, -0.25) is 4.79 Å². The lowest BCUT2D eigenvalue weighted by atomic mass is 9.94. The smallest absolute Gasteiger partial charge is 0.344 e. The Morgan fingerprint density at radius 3 is 2.64 bits per heavy atom. The number of aromatic nitrogens is 2. The van der Waals surface area contributed by atoms with E-state index in [0.717, 1.165) is 10.9 Å². The van der Waals surface area contributed by atoms with Crippen LogP contribution in [0.5, 0.6) is 5.75 Å². The quantitative estimate of drug-likeness (QED) is 0.576. The van der Waals surface area contributed by atoms with Gasteiger partial charge in [0.25, 0.3) is 0 Å². The number of benzene rings is 1. The third-order valence-electron chi connectivity index (χ3n) is 6.10. The van der Waals surface area contributed by atoms with Gasteiger partial charge in [-0.15, -0.1) is 0 Å². The molecule has 1 fully saturated rings. The van der Waals surface area contributed by atoms with Gasteiger partial charge in [-0.05, 0) is 45.7 Å². The van der Waals surface area contributed by atoms with Crippen molar-refractivity contribution in [3.63, 3.8) is 0 Å². The number of pyridine rings is 2. The number of hydrogen-bond acceptors (Lipinski definition) is 6. The minimum atomic E-state index is -1.23. The van der Waals surface area contributed by atoms with E-state index in [0.29, 0.717) is 48.7 Å². The summed E-state index contributed by atoms with van der Waals surface area (Å²) in [7, 11) is 1.39. The molecule has 1 aromatic carbocycles. The van der Waals surface area contributed by atoms with Gasteiger partial charge in [-0.1, -0.05) is 18.2 Å². The number of H-pyrrole nitrogens is 1. The summed E-state index contributed by atoms with van der Waals surface area (Å²) >= 11 is 0. The van der Waals surface area contributed by atoms with Gasteiger partial charge in [-0.25, -0.2) is 14.2 Å². The molecule has 8 heteroatoms. The molecule has 1 N–H and O–H groups in total. The Labute approximate surface area is 191 Å². The Kier molecular flexibility index (Phi) is 6.10. The van der Waals surface area contributed by atoms with Crippen molar-refractivity contribution in [1.82, 2.24) is 9.97 Å². The Hall–Kier alpha value is -3.42. The average molecular weight is 454 g/mol. The maximum Gasteiger partial charge on any atom is 0.344 e. The summed E-state index contributed by atoms with van der Waals surface area (Å²) in [5.41, 5.74) is 0.255. The highest BCUT2D eigenvalue weighted by atomic mass is 19.1. The first-order valence-corrected chi connectivity index (χ1v) is 11.1. The fraction of sp³-hybridized carbons (Fsp3) is 0.400. The summed E-state index contributed by atoms with van der Waals surface area (Å²) in [4.78, 5) is 36.2. The minimum absolute atomic E-state index is 0.0586. The van der Waals surface area contributed by atoms with Gasteiger partial charge >= 0.3 is 5.97 Å². The van der Waals surface area contributed by atoms with Crippen LogP contribution in [0.25, 0.3) is 22.2 Å². The number of aromatic amines is 1. The van der Waals surface area contributed by atoms with E-state index in [1.54, 1.807) is 20.8 Å². The summed E-state index contributed by atoms with van der Waals surface area (Å²) in [5.74, 6) is -0.0839. The molecule has 174 valence electrons. The largest absolute Gasteiger partial charge is 0.491 e. The van der Waals surface area contributed by atoms with E-state index >= 15 is 0 Å². The molecule has 4 rings (SSSR count). The number of para-hydroxylation sites is 1. The molecule has 0 spiro atoms. The van der Waals surface area contributed by atoms with Gasteiger partial charge in [0.05, 0.1) is 30.6 Å². The maximum atomic E-state index is 14.5. The number of nitrogens with one attached hydrogen (secondary N) is 1. The number of carbonyl (C=O) groups excluding carboxylic acids is 1. The van der Waals surface area contributed by atoms with Gasteiger partial charge in [0.1, 0.15) is 17.1 Å². The lowest BCUT2D eigenvalue weighted by Gasteiger charge is -2.36. The maximum absolute atomic E-state index is 14.5. The lowest BCUT2D eigenvalue weighted by molar-refractivity contribution is 0.0525. The molecular formula is C25H28FN3O4. The molecule has 0 amide bonds. The first-order valence-electron chi connectivity index (χ1n) is 11.1. The zero-order valence-corrected chi connectivity index (χ0v) is 19.3. The average Bonchev–Trinajstić information content (AvgIpc) is 2.78. The molecule has 0 radical (unpaired) electrons. The van der Waals surface area contributed by atoms with Crippen molar-refractivity contribution in [2.45, 2.75) is 39.3 Å². The number of methoxy groups -OCH3 is 1. The Balaban J connectivity index is 1.99. The van der Waals surface area contributed by atoms with E-state index in [1.807, 2.05) is 35.2 Å². The molecule has 1 aliphatic rings. The van der Waals surface area contributed by atoms with E-state index in [-0.39, 0.29) is 17.9 Å². The topological polar surface area (TPSA) is 84.5 Å². The fourth-order valence-electron chi connectivity index (χ4n) is 4.27. The second-order valence-corrected chi connectivity index (χ2v) is 8.54. The second-order valence-electron chi connectivity index (χ2n) is 8.54. The molecule has 3 aromatic rings. The van der Waals surface area contributed by atoms with Crippen LogP contribution in [0.3, 0.4) is 0 Å². The number of piperidine rings is 1. The van der Waals surface area contributed by atoms with Gasteiger partial charge in [0, 0.05) is 24.0 Å². The number of alkyl halides is 1. The van der Waals surface area contributed by atoms with Crippen molar-refractivity contribution >= 4 is 22.7 Å². The fourth-order valence-corrected chi connectivity index (χ4v) is 4.27. The molecule has 3 heterocycles. The number of anilines is 1. The Morgan fingerprint density at radius 1 is 1.27 bits per heavy atom. The molecule has 0 unspecified atom stereocenters. The van der Waals surface area contributed by atoms with Crippen molar-refractivity contribution in [2.75, 3.05) is 31.7 Å². The number of halogens is 1. The highest BCUT2D eigenvalue weighted by Gasteiger charge is 2.32. The molecular weight excluding hydrogens is 425 g/mol. The number of nitrogens with zero attached hydrogens (tertiary/aromatic N) is 2. The summed E-state index contributed by atoms with van der Waals surface area (Å²) in [6.07, 6.45) is 0.730. The first kappa shape index (κ1) is 22.8. The molecule has 2 aromatic heterocycles. The molecule has 0 atom stereocenters. The SMILES string of the molecule is CCOC(=O)c1c(-c2cc3ccccc3nc2N2CCC(C)(F)CC2)[nH]c(C)c(OC)c1=O. The van der Waals surface area contributed by atoms with Crippen molar-refractivity contribution in [2.24, 2.45) is 0 Å². The highest BCUT2D eigenvalue weighted by Crippen LogP contribution is 2.37. The number of esters is 1. The van der Waals surface area contributed by atoms with E-state index in [1.165, 1.54) is 7.11 Å². The number of ether oxygens (including phenoxy) is 2. The van der Waals surface area contributed by atoms with Crippen LogP contribution < -0.4 is 15.1 Å².